The Morgan fingerprint density at radius 1 is 0.923 bits per heavy atom. The van der Waals surface area contributed by atoms with Crippen LogP contribution in [0.25, 0.3) is 0 Å². The first-order valence-electron chi connectivity index (χ1n) is 5.84. The average molecular weight is 202 g/mol. The first kappa shape index (κ1) is 13.4. The topological polar surface area (TPSA) is 0 Å². The molecule has 0 aliphatic heterocycles. The Kier molecular flexibility index (Phi) is 8.06. The van der Waals surface area contributed by atoms with E-state index in [1.54, 1.807) is 0 Å². The Balaban J connectivity index is 3.78. The van der Waals surface area contributed by atoms with Gasteiger partial charge in [-0.05, 0) is 30.3 Å². The summed E-state index contributed by atoms with van der Waals surface area (Å²) in [5.74, 6) is 1.81. The van der Waals surface area contributed by atoms with Crippen LogP contribution in [0.15, 0.2) is 0 Å². The lowest BCUT2D eigenvalue weighted by Crippen LogP contribution is -2.10. The third-order valence-corrected chi connectivity index (χ3v) is 6.02. The van der Waals surface area contributed by atoms with Crippen molar-refractivity contribution in [3.63, 3.8) is 0 Å². The van der Waals surface area contributed by atoms with Crippen molar-refractivity contribution in [3.8, 4) is 0 Å². The van der Waals surface area contributed by atoms with Crippen LogP contribution in [0.4, 0.5) is 0 Å². The second kappa shape index (κ2) is 7.80. The van der Waals surface area contributed by atoms with Crippen LogP contribution in [-0.2, 0) is 0 Å². The third kappa shape index (κ3) is 6.49. The van der Waals surface area contributed by atoms with E-state index in [2.05, 4.69) is 34.6 Å². The number of hydrogen-bond donors (Lipinski definition) is 0. The van der Waals surface area contributed by atoms with Crippen molar-refractivity contribution in [1.82, 2.24) is 0 Å². The van der Waals surface area contributed by atoms with Crippen LogP contribution in [0.1, 0.15) is 47.5 Å². The van der Waals surface area contributed by atoms with Crippen LogP contribution in [0, 0.1) is 11.8 Å². The van der Waals surface area contributed by atoms with E-state index in [-0.39, 0.29) is 0 Å². The molecule has 0 amide bonds. The van der Waals surface area contributed by atoms with Gasteiger partial charge in [0, 0.05) is 0 Å². The van der Waals surface area contributed by atoms with Gasteiger partial charge in [-0.3, -0.25) is 0 Å². The summed E-state index contributed by atoms with van der Waals surface area (Å²) in [6.07, 6.45) is 7.28. The molecule has 0 radical (unpaired) electrons. The first-order chi connectivity index (χ1) is 6.11. The highest BCUT2D eigenvalue weighted by atomic mass is 31.1. The molecule has 0 aliphatic carbocycles. The maximum Gasteiger partial charge on any atom is -0.0298 e. The van der Waals surface area contributed by atoms with Crippen molar-refractivity contribution in [2.75, 3.05) is 18.5 Å². The highest BCUT2D eigenvalue weighted by Crippen LogP contribution is 2.40. The van der Waals surface area contributed by atoms with Crippen molar-refractivity contribution >= 4 is 7.92 Å². The molecule has 0 heterocycles. The van der Waals surface area contributed by atoms with Crippen molar-refractivity contribution in [3.05, 3.63) is 0 Å². The van der Waals surface area contributed by atoms with Crippen LogP contribution in [0.5, 0.6) is 0 Å². The molecule has 0 aromatic rings. The molecule has 1 unspecified atom stereocenters. The van der Waals surface area contributed by atoms with Gasteiger partial charge in [-0.15, -0.1) is 7.92 Å². The minimum absolute atomic E-state index is 0.367. The Bertz CT molecular complexity index is 104. The van der Waals surface area contributed by atoms with E-state index in [1.165, 1.54) is 31.3 Å². The molecule has 0 spiro atoms. The molecule has 80 valence electrons. The van der Waals surface area contributed by atoms with E-state index in [0.29, 0.717) is 7.92 Å². The van der Waals surface area contributed by atoms with E-state index >= 15 is 0 Å². The van der Waals surface area contributed by atoms with Crippen LogP contribution < -0.4 is 0 Å². The van der Waals surface area contributed by atoms with E-state index in [1.807, 2.05) is 0 Å². The quantitative estimate of drug-likeness (QED) is 0.530. The van der Waals surface area contributed by atoms with Gasteiger partial charge in [0.25, 0.3) is 0 Å². The molecule has 0 nitrogen and oxygen atoms in total. The standard InChI is InChI=1S/C12H27P/c1-6-8-13(9-7-2)10-12(5)11(3)4/h11-12H,6-10H2,1-5H3. The summed E-state index contributed by atoms with van der Waals surface area (Å²) < 4.78 is 0. The van der Waals surface area contributed by atoms with Crippen LogP contribution in [0.3, 0.4) is 0 Å². The van der Waals surface area contributed by atoms with Gasteiger partial charge in [0.05, 0.1) is 0 Å². The molecule has 0 bridgehead atoms. The van der Waals surface area contributed by atoms with Gasteiger partial charge in [0.15, 0.2) is 0 Å². The van der Waals surface area contributed by atoms with Gasteiger partial charge < -0.3 is 0 Å². The largest absolute Gasteiger partial charge is 0.106 e. The maximum atomic E-state index is 2.42. The predicted molar refractivity (Wildman–Crippen MR) is 66.1 cm³/mol. The molecule has 0 aromatic heterocycles. The lowest BCUT2D eigenvalue weighted by atomic mass is 10.0. The predicted octanol–water partition coefficient (Wildman–Crippen LogP) is 4.58. The zero-order valence-electron chi connectivity index (χ0n) is 10.1. The van der Waals surface area contributed by atoms with Crippen molar-refractivity contribution in [1.29, 1.82) is 0 Å². The monoisotopic (exact) mass is 202 g/mol. The summed E-state index contributed by atoms with van der Waals surface area (Å²) >= 11 is 0. The average Bonchev–Trinajstić information content (AvgIpc) is 2.05. The summed E-state index contributed by atoms with van der Waals surface area (Å²) in [6, 6.07) is 0. The van der Waals surface area contributed by atoms with E-state index < -0.39 is 0 Å². The van der Waals surface area contributed by atoms with Crippen LogP contribution in [0.2, 0.25) is 0 Å². The van der Waals surface area contributed by atoms with Crippen LogP contribution >= 0.6 is 7.92 Å². The van der Waals surface area contributed by atoms with Gasteiger partial charge in [0.1, 0.15) is 0 Å². The fourth-order valence-electron chi connectivity index (χ4n) is 1.54. The molecule has 0 N–H and O–H groups in total. The molecule has 1 heteroatoms. The van der Waals surface area contributed by atoms with Crippen molar-refractivity contribution in [2.24, 2.45) is 11.8 Å². The number of hydrogen-bond acceptors (Lipinski definition) is 0. The van der Waals surface area contributed by atoms with E-state index in [4.69, 9.17) is 0 Å². The summed E-state index contributed by atoms with van der Waals surface area (Å²) in [5.41, 5.74) is 0. The van der Waals surface area contributed by atoms with Gasteiger partial charge in [-0.1, -0.05) is 47.5 Å². The Labute approximate surface area is 86.3 Å². The van der Waals surface area contributed by atoms with Crippen molar-refractivity contribution < 1.29 is 0 Å². The van der Waals surface area contributed by atoms with Crippen LogP contribution in [-0.4, -0.2) is 18.5 Å². The lowest BCUT2D eigenvalue weighted by molar-refractivity contribution is 0.462. The van der Waals surface area contributed by atoms with Gasteiger partial charge >= 0.3 is 0 Å². The molecule has 0 saturated heterocycles. The second-order valence-corrected chi connectivity index (χ2v) is 7.12. The minimum atomic E-state index is 0.367. The minimum Gasteiger partial charge on any atom is -0.106 e. The Hall–Kier alpha value is 0.430. The molecular weight excluding hydrogens is 175 g/mol. The zero-order chi connectivity index (χ0) is 10.3. The first-order valence-corrected chi connectivity index (χ1v) is 7.73. The smallest absolute Gasteiger partial charge is 0.0298 e. The normalized spacial score (nSPS) is 14.1. The molecule has 0 aromatic carbocycles. The van der Waals surface area contributed by atoms with Crippen molar-refractivity contribution in [2.45, 2.75) is 47.5 Å². The molecule has 0 fully saturated rings. The summed E-state index contributed by atoms with van der Waals surface area (Å²) in [6.45, 7) is 11.8. The van der Waals surface area contributed by atoms with E-state index in [9.17, 15) is 0 Å². The molecule has 13 heavy (non-hydrogen) atoms. The summed E-state index contributed by atoms with van der Waals surface area (Å²) in [7, 11) is 0.367. The Morgan fingerprint density at radius 3 is 1.69 bits per heavy atom. The highest BCUT2D eigenvalue weighted by molar-refractivity contribution is 7.57. The fraction of sp³-hybridized carbons (Fsp3) is 1.00. The zero-order valence-corrected chi connectivity index (χ0v) is 11.0. The maximum absolute atomic E-state index is 2.42. The molecular formula is C12H27P. The van der Waals surface area contributed by atoms with Gasteiger partial charge in [-0.25, -0.2) is 0 Å². The molecule has 0 rings (SSSR count). The lowest BCUT2D eigenvalue weighted by Gasteiger charge is -2.23. The van der Waals surface area contributed by atoms with Gasteiger partial charge in [-0.2, -0.15) is 0 Å². The fourth-order valence-corrected chi connectivity index (χ4v) is 4.63. The third-order valence-electron chi connectivity index (χ3n) is 2.76. The molecule has 0 aliphatic rings. The summed E-state index contributed by atoms with van der Waals surface area (Å²) in [4.78, 5) is 0. The highest BCUT2D eigenvalue weighted by Gasteiger charge is 2.13. The molecule has 1 atom stereocenters. The summed E-state index contributed by atoms with van der Waals surface area (Å²) in [5, 5.41) is 0. The number of rotatable bonds is 7. The van der Waals surface area contributed by atoms with Gasteiger partial charge in [0.2, 0.25) is 0 Å². The molecule has 0 saturated carbocycles. The SMILES string of the molecule is CCCP(CCC)CC(C)C(C)C. The Morgan fingerprint density at radius 2 is 1.38 bits per heavy atom. The van der Waals surface area contributed by atoms with E-state index in [0.717, 1.165) is 11.8 Å². The second-order valence-electron chi connectivity index (χ2n) is 4.52.